The Morgan fingerprint density at radius 3 is 2.89 bits per heavy atom. The lowest BCUT2D eigenvalue weighted by Gasteiger charge is -2.23. The molecule has 0 aromatic carbocycles. The summed E-state index contributed by atoms with van der Waals surface area (Å²) in [5.41, 5.74) is 3.91. The lowest BCUT2D eigenvalue weighted by Crippen LogP contribution is -2.24. The molecule has 6 nitrogen and oxygen atoms in total. The minimum atomic E-state index is 0.235. The summed E-state index contributed by atoms with van der Waals surface area (Å²) in [6.45, 7) is 5.80. The van der Waals surface area contributed by atoms with E-state index in [0.29, 0.717) is 11.6 Å². The number of pyridine rings is 2. The molecule has 0 amide bonds. The molecular weight excluding hydrogens is 338 g/mol. The molecule has 1 aliphatic rings. The summed E-state index contributed by atoms with van der Waals surface area (Å²) in [4.78, 5) is 20.4. The van der Waals surface area contributed by atoms with Crippen molar-refractivity contribution < 1.29 is 4.74 Å². The number of hydrogen-bond acceptors (Lipinski definition) is 6. The summed E-state index contributed by atoms with van der Waals surface area (Å²) in [6.07, 6.45) is 7.45. The maximum absolute atomic E-state index is 5.91. The first-order valence-electron chi connectivity index (χ1n) is 9.27. The van der Waals surface area contributed by atoms with Gasteiger partial charge in [0.1, 0.15) is 0 Å². The van der Waals surface area contributed by atoms with Gasteiger partial charge in [-0.2, -0.15) is 0 Å². The lowest BCUT2D eigenvalue weighted by atomic mass is 10.1. The van der Waals surface area contributed by atoms with Crippen LogP contribution in [0.15, 0.2) is 48.9 Å². The molecule has 0 saturated carbocycles. The minimum Gasteiger partial charge on any atom is -0.436 e. The molecule has 6 heteroatoms. The second-order valence-electron chi connectivity index (χ2n) is 6.87. The van der Waals surface area contributed by atoms with E-state index in [-0.39, 0.29) is 6.04 Å². The molecule has 1 fully saturated rings. The van der Waals surface area contributed by atoms with Crippen LogP contribution in [0.2, 0.25) is 0 Å². The smallest absolute Gasteiger partial charge is 0.238 e. The molecule has 138 valence electrons. The first kappa shape index (κ1) is 17.5. The van der Waals surface area contributed by atoms with Gasteiger partial charge in [-0.3, -0.25) is 19.9 Å². The van der Waals surface area contributed by atoms with Crippen LogP contribution in [0.4, 0.5) is 0 Å². The Morgan fingerprint density at radius 2 is 2.04 bits per heavy atom. The molecule has 1 atom stereocenters. The largest absolute Gasteiger partial charge is 0.436 e. The zero-order valence-corrected chi connectivity index (χ0v) is 15.7. The number of ether oxygens (including phenoxy) is 1. The van der Waals surface area contributed by atoms with Crippen molar-refractivity contribution in [3.05, 3.63) is 71.7 Å². The predicted octanol–water partition coefficient (Wildman–Crippen LogP) is 4.01. The highest BCUT2D eigenvalue weighted by atomic mass is 16.5. The molecule has 27 heavy (non-hydrogen) atoms. The maximum Gasteiger partial charge on any atom is 0.238 e. The fourth-order valence-corrected chi connectivity index (χ4v) is 3.51. The van der Waals surface area contributed by atoms with Crippen LogP contribution in [-0.2, 0) is 6.54 Å². The van der Waals surface area contributed by atoms with E-state index in [0.717, 1.165) is 48.7 Å². The van der Waals surface area contributed by atoms with Gasteiger partial charge in [-0.15, -0.1) is 0 Å². The molecule has 0 aliphatic carbocycles. The van der Waals surface area contributed by atoms with Gasteiger partial charge in [0.2, 0.25) is 5.88 Å². The van der Waals surface area contributed by atoms with Crippen molar-refractivity contribution in [1.29, 1.82) is 0 Å². The third-order valence-electron chi connectivity index (χ3n) is 4.82. The fourth-order valence-electron chi connectivity index (χ4n) is 3.51. The molecule has 1 unspecified atom stereocenters. The van der Waals surface area contributed by atoms with E-state index in [1.807, 2.05) is 38.2 Å². The lowest BCUT2D eigenvalue weighted by molar-refractivity contribution is 0.240. The summed E-state index contributed by atoms with van der Waals surface area (Å²) in [6, 6.07) is 10.2. The molecule has 0 spiro atoms. The average molecular weight is 361 g/mol. The van der Waals surface area contributed by atoms with Gasteiger partial charge in [0, 0.05) is 18.4 Å². The van der Waals surface area contributed by atoms with Crippen LogP contribution in [0.25, 0.3) is 0 Å². The Bertz CT molecular complexity index is 930. The van der Waals surface area contributed by atoms with E-state index < -0.39 is 0 Å². The van der Waals surface area contributed by atoms with Gasteiger partial charge in [-0.25, -0.2) is 4.98 Å². The maximum atomic E-state index is 5.91. The van der Waals surface area contributed by atoms with Crippen molar-refractivity contribution in [3.8, 4) is 11.6 Å². The van der Waals surface area contributed by atoms with Crippen molar-refractivity contribution in [2.75, 3.05) is 6.54 Å². The van der Waals surface area contributed by atoms with Crippen LogP contribution in [-0.4, -0.2) is 31.4 Å². The molecule has 0 bridgehead atoms. The second kappa shape index (κ2) is 7.80. The summed E-state index contributed by atoms with van der Waals surface area (Å²) in [5, 5.41) is 0. The van der Waals surface area contributed by atoms with E-state index >= 15 is 0 Å². The molecular formula is C21H23N5O. The van der Waals surface area contributed by atoms with Crippen LogP contribution >= 0.6 is 0 Å². The zero-order valence-electron chi connectivity index (χ0n) is 15.7. The quantitative estimate of drug-likeness (QED) is 0.684. The Morgan fingerprint density at radius 1 is 1.11 bits per heavy atom. The molecule has 4 heterocycles. The van der Waals surface area contributed by atoms with Crippen LogP contribution in [0.5, 0.6) is 11.6 Å². The fraction of sp³-hybridized carbons (Fsp3) is 0.333. The van der Waals surface area contributed by atoms with Crippen molar-refractivity contribution in [3.63, 3.8) is 0 Å². The Labute approximate surface area is 159 Å². The number of aryl methyl sites for hydroxylation is 2. The zero-order chi connectivity index (χ0) is 18.6. The third-order valence-corrected chi connectivity index (χ3v) is 4.82. The van der Waals surface area contributed by atoms with E-state index in [9.17, 15) is 0 Å². The number of aromatic nitrogens is 4. The Hall–Kier alpha value is -2.86. The predicted molar refractivity (Wildman–Crippen MR) is 102 cm³/mol. The molecule has 1 aliphatic heterocycles. The first-order chi connectivity index (χ1) is 13.2. The van der Waals surface area contributed by atoms with Gasteiger partial charge < -0.3 is 4.74 Å². The van der Waals surface area contributed by atoms with Gasteiger partial charge in [0.15, 0.2) is 5.75 Å². The minimum absolute atomic E-state index is 0.235. The van der Waals surface area contributed by atoms with E-state index in [1.54, 1.807) is 12.4 Å². The summed E-state index contributed by atoms with van der Waals surface area (Å²) < 4.78 is 5.91. The van der Waals surface area contributed by atoms with Crippen molar-refractivity contribution in [1.82, 2.24) is 24.8 Å². The van der Waals surface area contributed by atoms with E-state index in [1.165, 1.54) is 0 Å². The van der Waals surface area contributed by atoms with E-state index in [2.05, 4.69) is 32.0 Å². The Balaban J connectivity index is 1.53. The summed E-state index contributed by atoms with van der Waals surface area (Å²) in [7, 11) is 0. The molecule has 0 radical (unpaired) electrons. The normalized spacial score (nSPS) is 17.2. The van der Waals surface area contributed by atoms with Crippen LogP contribution < -0.4 is 4.74 Å². The number of rotatable bonds is 5. The number of likely N-dealkylation sites (tertiary alicyclic amines) is 1. The topological polar surface area (TPSA) is 64.0 Å². The molecule has 3 aromatic rings. The molecule has 0 N–H and O–H groups in total. The highest BCUT2D eigenvalue weighted by Crippen LogP contribution is 2.33. The van der Waals surface area contributed by atoms with Gasteiger partial charge in [-0.1, -0.05) is 6.07 Å². The van der Waals surface area contributed by atoms with Crippen LogP contribution in [0.1, 0.15) is 41.7 Å². The van der Waals surface area contributed by atoms with Gasteiger partial charge in [-0.05, 0) is 57.5 Å². The van der Waals surface area contributed by atoms with Gasteiger partial charge >= 0.3 is 0 Å². The second-order valence-corrected chi connectivity index (χ2v) is 6.87. The first-order valence-corrected chi connectivity index (χ1v) is 9.27. The monoisotopic (exact) mass is 361 g/mol. The summed E-state index contributed by atoms with van der Waals surface area (Å²) in [5.74, 6) is 1.21. The standard InChI is InChI=1S/C21H23N5O/c1-15-6-3-7-17(24-15)14-26-11-5-8-19(26)18-12-22-13-21(25-18)27-20-9-4-10-23-16(20)2/h3-4,6-7,9-10,12-13,19H,5,8,11,14H2,1-2H3. The Kier molecular flexibility index (Phi) is 5.07. The van der Waals surface area contributed by atoms with Crippen molar-refractivity contribution >= 4 is 0 Å². The van der Waals surface area contributed by atoms with Crippen molar-refractivity contribution in [2.45, 2.75) is 39.3 Å². The van der Waals surface area contributed by atoms with Gasteiger partial charge in [0.25, 0.3) is 0 Å². The van der Waals surface area contributed by atoms with Gasteiger partial charge in [0.05, 0.1) is 35.5 Å². The highest BCUT2D eigenvalue weighted by molar-refractivity contribution is 5.29. The van der Waals surface area contributed by atoms with Crippen LogP contribution in [0.3, 0.4) is 0 Å². The van der Waals surface area contributed by atoms with E-state index in [4.69, 9.17) is 9.72 Å². The molecule has 1 saturated heterocycles. The number of nitrogens with zero attached hydrogens (tertiary/aromatic N) is 5. The SMILES string of the molecule is Cc1cccc(CN2CCCC2c2cncc(Oc3cccnc3C)n2)n1. The molecule has 3 aromatic heterocycles. The average Bonchev–Trinajstić information content (AvgIpc) is 3.12. The van der Waals surface area contributed by atoms with Crippen LogP contribution in [0, 0.1) is 13.8 Å². The number of hydrogen-bond donors (Lipinski definition) is 0. The van der Waals surface area contributed by atoms with Crippen molar-refractivity contribution in [2.24, 2.45) is 0 Å². The summed E-state index contributed by atoms with van der Waals surface area (Å²) >= 11 is 0. The molecule has 4 rings (SSSR count). The highest BCUT2D eigenvalue weighted by Gasteiger charge is 2.28. The third kappa shape index (κ3) is 4.11.